The smallest absolute Gasteiger partial charge is 0.308 e. The lowest BCUT2D eigenvalue weighted by Gasteiger charge is -2.08. The van der Waals surface area contributed by atoms with Crippen molar-refractivity contribution in [2.45, 2.75) is 13.0 Å². The molecule has 1 aromatic heterocycles. The van der Waals surface area contributed by atoms with Gasteiger partial charge in [-0.1, -0.05) is 0 Å². The lowest BCUT2D eigenvalue weighted by Crippen LogP contribution is -2.00. The first kappa shape index (κ1) is 14.3. The van der Waals surface area contributed by atoms with Gasteiger partial charge in [0.1, 0.15) is 11.6 Å². The Morgan fingerprint density at radius 2 is 2.10 bits per heavy atom. The van der Waals surface area contributed by atoms with Crippen LogP contribution >= 0.6 is 11.3 Å². The van der Waals surface area contributed by atoms with Crippen LogP contribution in [-0.4, -0.2) is 18.2 Å². The zero-order valence-electron chi connectivity index (χ0n) is 10.9. The minimum Gasteiger partial charge on any atom is -0.497 e. The fourth-order valence-corrected chi connectivity index (χ4v) is 2.66. The number of nitrogens with one attached hydrogen (secondary N) is 1. The second-order valence-electron chi connectivity index (χ2n) is 4.14. The van der Waals surface area contributed by atoms with E-state index in [1.165, 1.54) is 24.5 Å². The summed E-state index contributed by atoms with van der Waals surface area (Å²) >= 11 is 1.40. The summed E-state index contributed by atoms with van der Waals surface area (Å²) in [6, 6.07) is 8.09. The zero-order valence-corrected chi connectivity index (χ0v) is 11.7. The van der Waals surface area contributed by atoms with Crippen molar-refractivity contribution in [1.82, 2.24) is 0 Å². The Kier molecular flexibility index (Phi) is 4.57. The molecule has 6 heteroatoms. The van der Waals surface area contributed by atoms with E-state index in [1.807, 2.05) is 6.07 Å². The van der Waals surface area contributed by atoms with E-state index in [9.17, 15) is 9.18 Å². The van der Waals surface area contributed by atoms with E-state index in [4.69, 9.17) is 9.84 Å². The van der Waals surface area contributed by atoms with Gasteiger partial charge < -0.3 is 15.2 Å². The number of anilines is 1. The molecule has 106 valence electrons. The highest BCUT2D eigenvalue weighted by atomic mass is 32.1. The Hall–Kier alpha value is -2.08. The summed E-state index contributed by atoms with van der Waals surface area (Å²) in [6.07, 6.45) is 0.0121. The van der Waals surface area contributed by atoms with Gasteiger partial charge in [0.2, 0.25) is 0 Å². The van der Waals surface area contributed by atoms with Crippen LogP contribution in [-0.2, 0) is 17.8 Å². The monoisotopic (exact) mass is 295 g/mol. The first-order valence-electron chi connectivity index (χ1n) is 5.95. The molecule has 2 aromatic rings. The summed E-state index contributed by atoms with van der Waals surface area (Å²) in [5, 5.41) is 11.7. The van der Waals surface area contributed by atoms with Gasteiger partial charge in [0.25, 0.3) is 0 Å². The average molecular weight is 295 g/mol. The van der Waals surface area contributed by atoms with Crippen LogP contribution in [0.4, 0.5) is 10.1 Å². The number of ether oxygens (including phenoxy) is 1. The molecule has 20 heavy (non-hydrogen) atoms. The maximum absolute atomic E-state index is 13.6. The number of aliphatic carboxylic acids is 1. The summed E-state index contributed by atoms with van der Waals surface area (Å²) in [5.41, 5.74) is 0.359. The number of carboxylic acids is 1. The van der Waals surface area contributed by atoms with E-state index in [1.54, 1.807) is 18.2 Å². The molecular weight excluding hydrogens is 281 g/mol. The molecule has 2 N–H and O–H groups in total. The van der Waals surface area contributed by atoms with Gasteiger partial charge in [0, 0.05) is 22.4 Å². The van der Waals surface area contributed by atoms with Gasteiger partial charge in [-0.15, -0.1) is 11.3 Å². The number of rotatable bonds is 6. The molecule has 4 nitrogen and oxygen atoms in total. The van der Waals surface area contributed by atoms with E-state index in [2.05, 4.69) is 5.32 Å². The first-order chi connectivity index (χ1) is 9.58. The Morgan fingerprint density at radius 1 is 1.35 bits per heavy atom. The van der Waals surface area contributed by atoms with E-state index < -0.39 is 5.97 Å². The van der Waals surface area contributed by atoms with Gasteiger partial charge in [-0.3, -0.25) is 4.79 Å². The highest BCUT2D eigenvalue weighted by Crippen LogP contribution is 2.23. The van der Waals surface area contributed by atoms with Crippen molar-refractivity contribution < 1.29 is 19.0 Å². The molecule has 0 aliphatic carbocycles. The maximum atomic E-state index is 13.6. The molecule has 2 rings (SSSR count). The third kappa shape index (κ3) is 3.71. The van der Waals surface area contributed by atoms with Crippen LogP contribution in [0, 0.1) is 5.82 Å². The van der Waals surface area contributed by atoms with Crippen molar-refractivity contribution in [3.63, 3.8) is 0 Å². The van der Waals surface area contributed by atoms with Crippen LogP contribution in [0.5, 0.6) is 5.75 Å². The lowest BCUT2D eigenvalue weighted by molar-refractivity contribution is -0.136. The van der Waals surface area contributed by atoms with Crippen LogP contribution in [0.15, 0.2) is 30.3 Å². The molecule has 0 unspecified atom stereocenters. The molecule has 0 fully saturated rings. The minimum absolute atomic E-state index is 0.0121. The van der Waals surface area contributed by atoms with Crippen LogP contribution in [0.2, 0.25) is 0 Å². The standard InChI is InChI=1S/C14H14FNO3S/c1-19-9-2-5-12(15)13(6-9)16-8-11-4-3-10(20-11)7-14(17)18/h2-6,16H,7-8H2,1H3,(H,17,18). The normalized spacial score (nSPS) is 10.3. The highest BCUT2D eigenvalue weighted by molar-refractivity contribution is 7.12. The number of thiophene rings is 1. The number of methoxy groups -OCH3 is 1. The summed E-state index contributed by atoms with van der Waals surface area (Å²) in [6.45, 7) is 0.439. The van der Waals surface area contributed by atoms with Gasteiger partial charge >= 0.3 is 5.97 Å². The van der Waals surface area contributed by atoms with Crippen LogP contribution in [0.1, 0.15) is 9.75 Å². The molecule has 0 amide bonds. The van der Waals surface area contributed by atoms with Crippen LogP contribution in [0.25, 0.3) is 0 Å². The summed E-state index contributed by atoms with van der Waals surface area (Å²) in [4.78, 5) is 12.3. The molecule has 0 saturated carbocycles. The number of hydrogen-bond acceptors (Lipinski definition) is 4. The molecule has 0 aliphatic rings. The first-order valence-corrected chi connectivity index (χ1v) is 6.77. The average Bonchev–Trinajstić information content (AvgIpc) is 2.84. The quantitative estimate of drug-likeness (QED) is 0.859. The van der Waals surface area contributed by atoms with E-state index in [0.29, 0.717) is 18.0 Å². The van der Waals surface area contributed by atoms with Crippen molar-refractivity contribution in [2.75, 3.05) is 12.4 Å². The van der Waals surface area contributed by atoms with Crippen molar-refractivity contribution in [3.05, 3.63) is 45.9 Å². The molecule has 0 radical (unpaired) electrons. The molecule has 1 heterocycles. The van der Waals surface area contributed by atoms with Gasteiger partial charge in [-0.05, 0) is 24.3 Å². The number of carbonyl (C=O) groups is 1. The topological polar surface area (TPSA) is 58.6 Å². The number of halogens is 1. The Balaban J connectivity index is 2.01. The van der Waals surface area contributed by atoms with Crippen molar-refractivity contribution in [2.24, 2.45) is 0 Å². The second kappa shape index (κ2) is 6.38. The van der Waals surface area contributed by atoms with E-state index in [0.717, 1.165) is 9.75 Å². The molecule has 0 saturated heterocycles. The Labute approximate surface area is 119 Å². The molecule has 0 bridgehead atoms. The molecular formula is C14H14FNO3S. The highest BCUT2D eigenvalue weighted by Gasteiger charge is 2.07. The van der Waals surface area contributed by atoms with Crippen LogP contribution < -0.4 is 10.1 Å². The van der Waals surface area contributed by atoms with Crippen molar-refractivity contribution in [3.8, 4) is 5.75 Å². The van der Waals surface area contributed by atoms with Gasteiger partial charge in [0.15, 0.2) is 0 Å². The van der Waals surface area contributed by atoms with Gasteiger partial charge in [-0.2, -0.15) is 0 Å². The summed E-state index contributed by atoms with van der Waals surface area (Å²) < 4.78 is 18.6. The number of carboxylic acid groups (broad SMARTS) is 1. The second-order valence-corrected chi connectivity index (χ2v) is 5.39. The van der Waals surface area contributed by atoms with Gasteiger partial charge in [0.05, 0.1) is 19.2 Å². The van der Waals surface area contributed by atoms with E-state index in [-0.39, 0.29) is 12.2 Å². The Bertz CT molecular complexity index is 612. The fourth-order valence-electron chi connectivity index (χ4n) is 1.71. The third-order valence-electron chi connectivity index (χ3n) is 2.67. The molecule has 1 aromatic carbocycles. The zero-order chi connectivity index (χ0) is 14.5. The fraction of sp³-hybridized carbons (Fsp3) is 0.214. The van der Waals surface area contributed by atoms with Crippen molar-refractivity contribution >= 4 is 23.0 Å². The number of benzene rings is 1. The van der Waals surface area contributed by atoms with Crippen molar-refractivity contribution in [1.29, 1.82) is 0 Å². The molecule has 0 aliphatic heterocycles. The largest absolute Gasteiger partial charge is 0.497 e. The predicted molar refractivity (Wildman–Crippen MR) is 75.9 cm³/mol. The summed E-state index contributed by atoms with van der Waals surface area (Å²) in [7, 11) is 1.52. The predicted octanol–water partition coefficient (Wildman–Crippen LogP) is 3.14. The maximum Gasteiger partial charge on any atom is 0.308 e. The molecule has 0 spiro atoms. The minimum atomic E-state index is -0.856. The van der Waals surface area contributed by atoms with Gasteiger partial charge in [-0.25, -0.2) is 4.39 Å². The third-order valence-corrected chi connectivity index (χ3v) is 3.75. The number of hydrogen-bond donors (Lipinski definition) is 2. The Morgan fingerprint density at radius 3 is 2.80 bits per heavy atom. The van der Waals surface area contributed by atoms with E-state index >= 15 is 0 Å². The van der Waals surface area contributed by atoms with Crippen LogP contribution in [0.3, 0.4) is 0 Å². The molecule has 0 atom stereocenters. The summed E-state index contributed by atoms with van der Waals surface area (Å²) in [5.74, 6) is -0.634. The SMILES string of the molecule is COc1ccc(F)c(NCc2ccc(CC(=O)O)s2)c1. The lowest BCUT2D eigenvalue weighted by atomic mass is 10.3.